The normalized spacial score (nSPS) is 21.9. The molecule has 21 heavy (non-hydrogen) atoms. The predicted molar refractivity (Wildman–Crippen MR) is 86.6 cm³/mol. The van der Waals surface area contributed by atoms with Crippen molar-refractivity contribution < 1.29 is 4.74 Å². The van der Waals surface area contributed by atoms with E-state index in [0.717, 1.165) is 17.9 Å². The van der Waals surface area contributed by atoms with E-state index < -0.39 is 0 Å². The van der Waals surface area contributed by atoms with Crippen molar-refractivity contribution in [2.24, 2.45) is 0 Å². The van der Waals surface area contributed by atoms with Crippen LogP contribution in [0.15, 0.2) is 42.5 Å². The van der Waals surface area contributed by atoms with Gasteiger partial charge < -0.3 is 10.5 Å². The quantitative estimate of drug-likeness (QED) is 0.859. The molecule has 0 bridgehead atoms. The zero-order valence-corrected chi connectivity index (χ0v) is 12.8. The fraction of sp³-hybridized carbons (Fsp3) is 0.333. The topological polar surface area (TPSA) is 38.5 Å². The molecule has 110 valence electrons. The molecule has 1 heterocycles. The minimum Gasteiger partial charge on any atom is -0.497 e. The van der Waals surface area contributed by atoms with Gasteiger partial charge in [-0.25, -0.2) is 0 Å². The minimum atomic E-state index is 0.249. The van der Waals surface area contributed by atoms with Crippen molar-refractivity contribution in [1.82, 2.24) is 4.90 Å². The number of anilines is 1. The summed E-state index contributed by atoms with van der Waals surface area (Å²) in [6.07, 6.45) is 1.07. The number of ether oxygens (including phenoxy) is 1. The van der Waals surface area contributed by atoms with E-state index in [1.165, 1.54) is 16.7 Å². The molecule has 3 nitrogen and oxygen atoms in total. The van der Waals surface area contributed by atoms with Crippen LogP contribution in [0.25, 0.3) is 0 Å². The van der Waals surface area contributed by atoms with Crippen LogP contribution in [-0.2, 0) is 6.42 Å². The van der Waals surface area contributed by atoms with Gasteiger partial charge in [-0.3, -0.25) is 4.90 Å². The summed E-state index contributed by atoms with van der Waals surface area (Å²) >= 11 is 0. The highest BCUT2D eigenvalue weighted by Gasteiger charge is 2.30. The van der Waals surface area contributed by atoms with Crippen LogP contribution in [0.2, 0.25) is 0 Å². The van der Waals surface area contributed by atoms with Crippen LogP contribution >= 0.6 is 0 Å². The third-order valence-electron chi connectivity index (χ3n) is 4.52. The molecule has 0 amide bonds. The Morgan fingerprint density at radius 3 is 2.52 bits per heavy atom. The molecular weight excluding hydrogens is 260 g/mol. The van der Waals surface area contributed by atoms with E-state index in [9.17, 15) is 0 Å². The Kier molecular flexibility index (Phi) is 3.60. The third kappa shape index (κ3) is 2.49. The molecule has 2 unspecified atom stereocenters. The second-order valence-electron chi connectivity index (χ2n) is 5.85. The Labute approximate surface area is 126 Å². The van der Waals surface area contributed by atoms with E-state index in [1.54, 1.807) is 7.11 Å². The smallest absolute Gasteiger partial charge is 0.119 e. The maximum Gasteiger partial charge on any atom is 0.119 e. The lowest BCUT2D eigenvalue weighted by molar-refractivity contribution is 0.193. The first-order valence-electron chi connectivity index (χ1n) is 7.34. The standard InChI is InChI=1S/C18H22N2O/c1-12-10-14-6-9-16(21-3)11-17(14)18(20(12)2)13-4-7-15(19)8-5-13/h4-9,11-12,18H,10,19H2,1-3H3. The molecule has 0 spiro atoms. The highest BCUT2D eigenvalue weighted by molar-refractivity contribution is 5.47. The van der Waals surface area contributed by atoms with Crippen molar-refractivity contribution in [1.29, 1.82) is 0 Å². The number of hydrogen-bond donors (Lipinski definition) is 1. The molecule has 0 aromatic heterocycles. The summed E-state index contributed by atoms with van der Waals surface area (Å²) in [7, 11) is 3.91. The maximum atomic E-state index is 5.82. The Morgan fingerprint density at radius 2 is 1.86 bits per heavy atom. The molecule has 2 N–H and O–H groups in total. The summed E-state index contributed by atoms with van der Waals surface area (Å²) < 4.78 is 5.41. The lowest BCUT2D eigenvalue weighted by atomic mass is 9.85. The molecule has 0 saturated heterocycles. The molecular formula is C18H22N2O. The first-order valence-corrected chi connectivity index (χ1v) is 7.34. The van der Waals surface area contributed by atoms with Gasteiger partial charge in [-0.1, -0.05) is 18.2 Å². The van der Waals surface area contributed by atoms with Crippen molar-refractivity contribution in [2.45, 2.75) is 25.4 Å². The second kappa shape index (κ2) is 5.41. The number of nitrogens with zero attached hydrogens (tertiary/aromatic N) is 1. The average Bonchev–Trinajstić information content (AvgIpc) is 2.49. The van der Waals surface area contributed by atoms with E-state index in [0.29, 0.717) is 6.04 Å². The van der Waals surface area contributed by atoms with Gasteiger partial charge in [-0.05, 0) is 61.3 Å². The van der Waals surface area contributed by atoms with Crippen LogP contribution in [0, 0.1) is 0 Å². The van der Waals surface area contributed by atoms with Crippen LogP contribution in [-0.4, -0.2) is 25.1 Å². The van der Waals surface area contributed by atoms with Gasteiger partial charge in [-0.15, -0.1) is 0 Å². The summed E-state index contributed by atoms with van der Waals surface area (Å²) in [5.74, 6) is 0.914. The number of methoxy groups -OCH3 is 1. The Hall–Kier alpha value is -2.00. The molecule has 0 saturated carbocycles. The highest BCUT2D eigenvalue weighted by Crippen LogP contribution is 2.38. The van der Waals surface area contributed by atoms with Crippen molar-refractivity contribution in [2.75, 3.05) is 19.9 Å². The zero-order valence-electron chi connectivity index (χ0n) is 12.8. The van der Waals surface area contributed by atoms with Crippen molar-refractivity contribution in [3.63, 3.8) is 0 Å². The van der Waals surface area contributed by atoms with E-state index in [4.69, 9.17) is 10.5 Å². The lowest BCUT2D eigenvalue weighted by Crippen LogP contribution is -2.39. The fourth-order valence-electron chi connectivity index (χ4n) is 3.17. The number of nitrogen functional groups attached to an aromatic ring is 1. The number of rotatable bonds is 2. The van der Waals surface area contributed by atoms with E-state index >= 15 is 0 Å². The SMILES string of the molecule is COc1ccc2c(c1)C(c1ccc(N)cc1)N(C)C(C)C2. The van der Waals surface area contributed by atoms with Gasteiger partial charge in [0.25, 0.3) is 0 Å². The molecule has 0 aliphatic carbocycles. The largest absolute Gasteiger partial charge is 0.497 e. The minimum absolute atomic E-state index is 0.249. The van der Waals surface area contributed by atoms with E-state index in [1.807, 2.05) is 12.1 Å². The molecule has 2 atom stereocenters. The van der Waals surface area contributed by atoms with Crippen molar-refractivity contribution in [3.05, 3.63) is 59.2 Å². The summed E-state index contributed by atoms with van der Waals surface area (Å²) in [5, 5.41) is 0. The van der Waals surface area contributed by atoms with Gasteiger partial charge in [0.15, 0.2) is 0 Å². The average molecular weight is 282 g/mol. The first kappa shape index (κ1) is 14.0. The second-order valence-corrected chi connectivity index (χ2v) is 5.85. The number of hydrogen-bond acceptors (Lipinski definition) is 3. The molecule has 1 aliphatic heterocycles. The number of fused-ring (bicyclic) bond motifs is 1. The monoisotopic (exact) mass is 282 g/mol. The van der Waals surface area contributed by atoms with E-state index in [2.05, 4.69) is 49.2 Å². The molecule has 2 aromatic carbocycles. The molecule has 0 fully saturated rings. The number of benzene rings is 2. The predicted octanol–water partition coefficient (Wildman–Crippen LogP) is 3.24. The number of likely N-dealkylation sites (N-methyl/N-ethyl adjacent to an activating group) is 1. The lowest BCUT2D eigenvalue weighted by Gasteiger charge is -2.40. The molecule has 3 rings (SSSR count). The maximum absolute atomic E-state index is 5.82. The van der Waals surface area contributed by atoms with Gasteiger partial charge in [-0.2, -0.15) is 0 Å². The van der Waals surface area contributed by atoms with Crippen LogP contribution in [0.4, 0.5) is 5.69 Å². The molecule has 2 aromatic rings. The van der Waals surface area contributed by atoms with Gasteiger partial charge in [0.2, 0.25) is 0 Å². The summed E-state index contributed by atoms with van der Waals surface area (Å²) in [5.41, 5.74) is 10.6. The summed E-state index contributed by atoms with van der Waals surface area (Å²) in [4.78, 5) is 2.42. The first-order chi connectivity index (χ1) is 10.1. The van der Waals surface area contributed by atoms with E-state index in [-0.39, 0.29) is 6.04 Å². The zero-order chi connectivity index (χ0) is 15.0. The summed E-state index contributed by atoms with van der Waals surface area (Å²) in [6, 6.07) is 15.4. The van der Waals surface area contributed by atoms with Crippen molar-refractivity contribution in [3.8, 4) is 5.75 Å². The summed E-state index contributed by atoms with van der Waals surface area (Å²) in [6.45, 7) is 2.28. The van der Waals surface area contributed by atoms with Crippen LogP contribution in [0.5, 0.6) is 5.75 Å². The molecule has 1 aliphatic rings. The Balaban J connectivity index is 2.12. The van der Waals surface area contributed by atoms with Gasteiger partial charge >= 0.3 is 0 Å². The van der Waals surface area contributed by atoms with Crippen LogP contribution in [0.3, 0.4) is 0 Å². The highest BCUT2D eigenvalue weighted by atomic mass is 16.5. The Bertz CT molecular complexity index is 636. The number of nitrogens with two attached hydrogens (primary N) is 1. The van der Waals surface area contributed by atoms with Crippen molar-refractivity contribution >= 4 is 5.69 Å². The van der Waals surface area contributed by atoms with Crippen LogP contribution in [0.1, 0.15) is 29.7 Å². The van der Waals surface area contributed by atoms with Gasteiger partial charge in [0, 0.05) is 11.7 Å². The Morgan fingerprint density at radius 1 is 1.14 bits per heavy atom. The molecule has 3 heteroatoms. The van der Waals surface area contributed by atoms with Gasteiger partial charge in [0.1, 0.15) is 5.75 Å². The molecule has 0 radical (unpaired) electrons. The van der Waals surface area contributed by atoms with Crippen LogP contribution < -0.4 is 10.5 Å². The third-order valence-corrected chi connectivity index (χ3v) is 4.52. The van der Waals surface area contributed by atoms with Gasteiger partial charge in [0.05, 0.1) is 13.2 Å². The fourth-order valence-corrected chi connectivity index (χ4v) is 3.17.